The standard InChI is InChI=1S/C15H17N3O2/c1-19-13-4-2-3-5-14(13)20-15-9-8-12(17-18-15)10-16-11-6-7-11/h2-5,8-9,11,16H,6-7,10H2,1H3. The Morgan fingerprint density at radius 1 is 1.10 bits per heavy atom. The molecule has 1 N–H and O–H groups in total. The van der Waals surface area contributed by atoms with Gasteiger partial charge in [-0.05, 0) is 31.0 Å². The van der Waals surface area contributed by atoms with Gasteiger partial charge in [-0.25, -0.2) is 0 Å². The summed E-state index contributed by atoms with van der Waals surface area (Å²) in [6.45, 7) is 0.757. The van der Waals surface area contributed by atoms with Gasteiger partial charge in [-0.1, -0.05) is 12.1 Å². The summed E-state index contributed by atoms with van der Waals surface area (Å²) in [5, 5.41) is 11.6. The number of aromatic nitrogens is 2. The summed E-state index contributed by atoms with van der Waals surface area (Å²) in [7, 11) is 1.61. The van der Waals surface area contributed by atoms with Crippen LogP contribution in [0.3, 0.4) is 0 Å². The highest BCUT2D eigenvalue weighted by molar-refractivity contribution is 5.41. The predicted molar refractivity (Wildman–Crippen MR) is 75.0 cm³/mol. The molecule has 0 radical (unpaired) electrons. The molecule has 0 spiro atoms. The number of rotatable bonds is 6. The van der Waals surface area contributed by atoms with Crippen LogP contribution in [0.4, 0.5) is 0 Å². The third-order valence-corrected chi connectivity index (χ3v) is 3.13. The lowest BCUT2D eigenvalue weighted by Gasteiger charge is -2.09. The largest absolute Gasteiger partial charge is 0.493 e. The Kier molecular flexibility index (Phi) is 3.78. The summed E-state index contributed by atoms with van der Waals surface area (Å²) in [5.41, 5.74) is 0.921. The van der Waals surface area contributed by atoms with Gasteiger partial charge in [0.05, 0.1) is 12.8 Å². The Labute approximate surface area is 117 Å². The van der Waals surface area contributed by atoms with Crippen molar-refractivity contribution in [3.63, 3.8) is 0 Å². The second-order valence-corrected chi connectivity index (χ2v) is 4.77. The maximum atomic E-state index is 5.67. The lowest BCUT2D eigenvalue weighted by atomic mass is 10.3. The molecule has 1 aliphatic rings. The molecule has 1 heterocycles. The summed E-state index contributed by atoms with van der Waals surface area (Å²) in [6.07, 6.45) is 2.53. The van der Waals surface area contributed by atoms with Gasteiger partial charge < -0.3 is 14.8 Å². The number of nitrogens with zero attached hydrogens (tertiary/aromatic N) is 2. The first-order chi connectivity index (χ1) is 9.85. The Hall–Kier alpha value is -2.14. The normalized spacial score (nSPS) is 14.1. The van der Waals surface area contributed by atoms with Crippen molar-refractivity contribution < 1.29 is 9.47 Å². The smallest absolute Gasteiger partial charge is 0.239 e. The molecule has 1 aliphatic carbocycles. The van der Waals surface area contributed by atoms with Gasteiger partial charge >= 0.3 is 0 Å². The Morgan fingerprint density at radius 2 is 1.90 bits per heavy atom. The molecular formula is C15H17N3O2. The van der Waals surface area contributed by atoms with Crippen LogP contribution < -0.4 is 14.8 Å². The Bertz CT molecular complexity index is 568. The van der Waals surface area contributed by atoms with Gasteiger partial charge in [-0.2, -0.15) is 5.10 Å². The number of hydrogen-bond acceptors (Lipinski definition) is 5. The number of ether oxygens (including phenoxy) is 2. The van der Waals surface area contributed by atoms with E-state index in [1.54, 1.807) is 7.11 Å². The van der Waals surface area contributed by atoms with E-state index in [4.69, 9.17) is 9.47 Å². The van der Waals surface area contributed by atoms with Gasteiger partial charge in [0.15, 0.2) is 11.5 Å². The minimum Gasteiger partial charge on any atom is -0.493 e. The molecule has 104 valence electrons. The lowest BCUT2D eigenvalue weighted by Crippen LogP contribution is -2.16. The van der Waals surface area contributed by atoms with Gasteiger partial charge in [0.1, 0.15) is 0 Å². The SMILES string of the molecule is COc1ccccc1Oc1ccc(CNC2CC2)nn1. The maximum absolute atomic E-state index is 5.67. The number of nitrogens with one attached hydrogen (secondary N) is 1. The molecule has 2 aromatic rings. The minimum absolute atomic E-state index is 0.463. The Balaban J connectivity index is 1.64. The van der Waals surface area contributed by atoms with Gasteiger partial charge in [0.2, 0.25) is 5.88 Å². The van der Waals surface area contributed by atoms with Crippen LogP contribution >= 0.6 is 0 Å². The quantitative estimate of drug-likeness (QED) is 0.875. The van der Waals surface area contributed by atoms with Crippen molar-refractivity contribution in [3.05, 3.63) is 42.1 Å². The number of hydrogen-bond donors (Lipinski definition) is 1. The van der Waals surface area contributed by atoms with Crippen LogP contribution in [0, 0.1) is 0 Å². The van der Waals surface area contributed by atoms with E-state index in [2.05, 4.69) is 15.5 Å². The molecule has 1 aromatic carbocycles. The first kappa shape index (κ1) is 12.9. The van der Waals surface area contributed by atoms with Crippen LogP contribution in [0.15, 0.2) is 36.4 Å². The second-order valence-electron chi connectivity index (χ2n) is 4.77. The van der Waals surface area contributed by atoms with Crippen molar-refractivity contribution in [3.8, 4) is 17.4 Å². The third kappa shape index (κ3) is 3.24. The summed E-state index contributed by atoms with van der Waals surface area (Å²) < 4.78 is 10.9. The van der Waals surface area contributed by atoms with Crippen LogP contribution in [-0.2, 0) is 6.54 Å². The molecule has 0 unspecified atom stereocenters. The molecule has 1 saturated carbocycles. The molecule has 1 aromatic heterocycles. The van der Waals surface area contributed by atoms with Crippen molar-refractivity contribution in [2.24, 2.45) is 0 Å². The molecule has 1 fully saturated rings. The van der Waals surface area contributed by atoms with E-state index >= 15 is 0 Å². The maximum Gasteiger partial charge on any atom is 0.239 e. The number of benzene rings is 1. The zero-order valence-corrected chi connectivity index (χ0v) is 11.4. The minimum atomic E-state index is 0.463. The van der Waals surface area contributed by atoms with Crippen LogP contribution in [0.25, 0.3) is 0 Å². The number of methoxy groups -OCH3 is 1. The zero-order chi connectivity index (χ0) is 13.8. The first-order valence-corrected chi connectivity index (χ1v) is 6.72. The highest BCUT2D eigenvalue weighted by atomic mass is 16.5. The first-order valence-electron chi connectivity index (χ1n) is 6.72. The van der Waals surface area contributed by atoms with E-state index < -0.39 is 0 Å². The molecule has 3 rings (SSSR count). The van der Waals surface area contributed by atoms with Gasteiger partial charge in [0.25, 0.3) is 0 Å². The predicted octanol–water partition coefficient (Wildman–Crippen LogP) is 2.53. The summed E-state index contributed by atoms with van der Waals surface area (Å²) in [6, 6.07) is 11.9. The molecular weight excluding hydrogens is 254 g/mol. The van der Waals surface area contributed by atoms with Crippen molar-refractivity contribution in [1.82, 2.24) is 15.5 Å². The van der Waals surface area contributed by atoms with Crippen LogP contribution in [0.5, 0.6) is 17.4 Å². The fourth-order valence-electron chi connectivity index (χ4n) is 1.85. The monoisotopic (exact) mass is 271 g/mol. The molecule has 5 nitrogen and oxygen atoms in total. The summed E-state index contributed by atoms with van der Waals surface area (Å²) in [5.74, 6) is 1.77. The van der Waals surface area contributed by atoms with Gasteiger partial charge in [0, 0.05) is 18.7 Å². The molecule has 5 heteroatoms. The molecule has 20 heavy (non-hydrogen) atoms. The average molecular weight is 271 g/mol. The van der Waals surface area contributed by atoms with E-state index in [9.17, 15) is 0 Å². The van der Waals surface area contributed by atoms with E-state index in [0.717, 1.165) is 12.2 Å². The average Bonchev–Trinajstić information content (AvgIpc) is 3.31. The molecule has 0 saturated heterocycles. The molecule has 0 amide bonds. The highest BCUT2D eigenvalue weighted by Crippen LogP contribution is 2.29. The summed E-state index contributed by atoms with van der Waals surface area (Å²) >= 11 is 0. The molecule has 0 atom stereocenters. The Morgan fingerprint density at radius 3 is 2.55 bits per heavy atom. The van der Waals surface area contributed by atoms with Crippen molar-refractivity contribution >= 4 is 0 Å². The zero-order valence-electron chi connectivity index (χ0n) is 11.4. The summed E-state index contributed by atoms with van der Waals surface area (Å²) in [4.78, 5) is 0. The van der Waals surface area contributed by atoms with Crippen LogP contribution in [0.1, 0.15) is 18.5 Å². The highest BCUT2D eigenvalue weighted by Gasteiger charge is 2.20. The van der Waals surface area contributed by atoms with Gasteiger partial charge in [-0.3, -0.25) is 0 Å². The van der Waals surface area contributed by atoms with E-state index in [1.165, 1.54) is 12.8 Å². The fraction of sp³-hybridized carbons (Fsp3) is 0.333. The van der Waals surface area contributed by atoms with E-state index in [-0.39, 0.29) is 0 Å². The third-order valence-electron chi connectivity index (χ3n) is 3.13. The van der Waals surface area contributed by atoms with Crippen molar-refractivity contribution in [2.75, 3.05) is 7.11 Å². The molecule has 0 bridgehead atoms. The van der Waals surface area contributed by atoms with Crippen molar-refractivity contribution in [2.45, 2.75) is 25.4 Å². The van der Waals surface area contributed by atoms with Crippen molar-refractivity contribution in [1.29, 1.82) is 0 Å². The lowest BCUT2D eigenvalue weighted by molar-refractivity contribution is 0.372. The van der Waals surface area contributed by atoms with E-state index in [0.29, 0.717) is 23.4 Å². The van der Waals surface area contributed by atoms with Gasteiger partial charge in [-0.15, -0.1) is 5.10 Å². The van der Waals surface area contributed by atoms with Crippen LogP contribution in [0.2, 0.25) is 0 Å². The van der Waals surface area contributed by atoms with E-state index in [1.807, 2.05) is 36.4 Å². The fourth-order valence-corrected chi connectivity index (χ4v) is 1.85. The topological polar surface area (TPSA) is 56.3 Å². The van der Waals surface area contributed by atoms with Crippen LogP contribution in [-0.4, -0.2) is 23.3 Å². The number of para-hydroxylation sites is 2. The molecule has 0 aliphatic heterocycles. The second kappa shape index (κ2) is 5.88.